The van der Waals surface area contributed by atoms with Crippen LogP contribution in [0.5, 0.6) is 0 Å². The lowest BCUT2D eigenvalue weighted by Gasteiger charge is -2.21. The van der Waals surface area contributed by atoms with Gasteiger partial charge in [0.2, 0.25) is 0 Å². The van der Waals surface area contributed by atoms with E-state index >= 15 is 0 Å². The number of piperidine rings is 1. The molecule has 2 rings (SSSR count). The highest BCUT2D eigenvalue weighted by Gasteiger charge is 2.24. The van der Waals surface area contributed by atoms with Gasteiger partial charge < -0.3 is 9.73 Å². The van der Waals surface area contributed by atoms with Crippen molar-refractivity contribution in [2.45, 2.75) is 19.8 Å². The Kier molecular flexibility index (Phi) is 2.68. The maximum Gasteiger partial charge on any atom is 0.170 e. The maximum atomic E-state index is 12.0. The molecule has 0 saturated carbocycles. The second kappa shape index (κ2) is 3.96. The fraction of sp³-hybridized carbons (Fsp3) is 0.545. The van der Waals surface area contributed by atoms with Gasteiger partial charge in [-0.25, -0.2) is 0 Å². The summed E-state index contributed by atoms with van der Waals surface area (Å²) in [5.74, 6) is 0.364. The van der Waals surface area contributed by atoms with E-state index in [0.29, 0.717) is 0 Å². The minimum atomic E-state index is 0.139. The molecule has 76 valence electrons. The summed E-state index contributed by atoms with van der Waals surface area (Å²) in [6.07, 6.45) is 5.28. The maximum absolute atomic E-state index is 12.0. The first-order chi connectivity index (χ1) is 6.79. The van der Waals surface area contributed by atoms with Gasteiger partial charge in [-0.15, -0.1) is 0 Å². The molecule has 0 bridgehead atoms. The van der Waals surface area contributed by atoms with Crippen molar-refractivity contribution in [3.63, 3.8) is 0 Å². The number of furan rings is 1. The highest BCUT2D eigenvalue weighted by atomic mass is 16.3. The Morgan fingerprint density at radius 3 is 3.00 bits per heavy atom. The predicted octanol–water partition coefficient (Wildman–Crippen LogP) is 1.77. The number of aryl methyl sites for hydroxylation is 1. The van der Waals surface area contributed by atoms with Gasteiger partial charge in [-0.05, 0) is 31.9 Å². The van der Waals surface area contributed by atoms with Gasteiger partial charge in [0.05, 0.1) is 11.8 Å². The van der Waals surface area contributed by atoms with Crippen LogP contribution in [0.1, 0.15) is 28.8 Å². The van der Waals surface area contributed by atoms with Crippen LogP contribution in [-0.4, -0.2) is 18.9 Å². The molecule has 1 aromatic heterocycles. The molecule has 0 radical (unpaired) electrons. The summed E-state index contributed by atoms with van der Waals surface area (Å²) in [6.45, 7) is 3.75. The quantitative estimate of drug-likeness (QED) is 0.728. The summed E-state index contributed by atoms with van der Waals surface area (Å²) in [5, 5.41) is 3.25. The van der Waals surface area contributed by atoms with Crippen molar-refractivity contribution >= 4 is 5.78 Å². The molecule has 0 aromatic carbocycles. The van der Waals surface area contributed by atoms with Gasteiger partial charge in [-0.1, -0.05) is 0 Å². The van der Waals surface area contributed by atoms with Gasteiger partial charge in [0.1, 0.15) is 6.26 Å². The van der Waals surface area contributed by atoms with Gasteiger partial charge in [-0.2, -0.15) is 0 Å². The standard InChI is InChI=1S/C11H15NO2/c1-8-6-14-7-10(8)11(13)9-3-2-4-12-5-9/h6-7,9,12H,2-5H2,1H3. The number of hydrogen-bond acceptors (Lipinski definition) is 3. The number of carbonyl (C=O) groups excluding carboxylic acids is 1. The highest BCUT2D eigenvalue weighted by molar-refractivity contribution is 5.98. The summed E-state index contributed by atoms with van der Waals surface area (Å²) in [7, 11) is 0. The Bertz CT molecular complexity index is 324. The van der Waals surface area contributed by atoms with Crippen LogP contribution >= 0.6 is 0 Å². The van der Waals surface area contributed by atoms with E-state index in [-0.39, 0.29) is 11.7 Å². The van der Waals surface area contributed by atoms with E-state index in [1.54, 1.807) is 12.5 Å². The largest absolute Gasteiger partial charge is 0.472 e. The van der Waals surface area contributed by atoms with Crippen LogP contribution in [-0.2, 0) is 0 Å². The number of Topliss-reactive ketones (excluding diaryl/α,β-unsaturated/α-hetero) is 1. The third-order valence-electron chi connectivity index (χ3n) is 2.79. The van der Waals surface area contributed by atoms with Crippen molar-refractivity contribution in [1.29, 1.82) is 0 Å². The van der Waals surface area contributed by atoms with E-state index in [0.717, 1.165) is 37.1 Å². The fourth-order valence-electron chi connectivity index (χ4n) is 1.91. The lowest BCUT2D eigenvalue weighted by Crippen LogP contribution is -2.34. The lowest BCUT2D eigenvalue weighted by atomic mass is 9.91. The Morgan fingerprint density at radius 2 is 2.43 bits per heavy atom. The third kappa shape index (κ3) is 1.73. The fourth-order valence-corrected chi connectivity index (χ4v) is 1.91. The van der Waals surface area contributed by atoms with Crippen LogP contribution in [0.2, 0.25) is 0 Å². The van der Waals surface area contributed by atoms with Crippen molar-refractivity contribution in [2.75, 3.05) is 13.1 Å². The van der Waals surface area contributed by atoms with Crippen LogP contribution in [0, 0.1) is 12.8 Å². The van der Waals surface area contributed by atoms with E-state index < -0.39 is 0 Å². The van der Waals surface area contributed by atoms with Gasteiger partial charge in [0, 0.05) is 12.5 Å². The molecule has 2 heterocycles. The molecule has 0 amide bonds. The first-order valence-corrected chi connectivity index (χ1v) is 5.07. The molecule has 1 N–H and O–H groups in total. The van der Waals surface area contributed by atoms with Crippen molar-refractivity contribution in [1.82, 2.24) is 5.32 Å². The molecule has 1 saturated heterocycles. The smallest absolute Gasteiger partial charge is 0.170 e. The van der Waals surface area contributed by atoms with Crippen LogP contribution in [0.25, 0.3) is 0 Å². The Hall–Kier alpha value is -1.09. The Labute approximate surface area is 83.5 Å². The Balaban J connectivity index is 2.11. The summed E-state index contributed by atoms with van der Waals surface area (Å²) in [4.78, 5) is 12.0. The minimum absolute atomic E-state index is 0.139. The van der Waals surface area contributed by atoms with Gasteiger partial charge in [0.25, 0.3) is 0 Å². The zero-order valence-electron chi connectivity index (χ0n) is 8.38. The van der Waals surface area contributed by atoms with Crippen molar-refractivity contribution in [2.24, 2.45) is 5.92 Å². The summed E-state index contributed by atoms with van der Waals surface area (Å²) in [5.41, 5.74) is 1.69. The molecular weight excluding hydrogens is 178 g/mol. The molecule has 1 aliphatic rings. The SMILES string of the molecule is Cc1cocc1C(=O)C1CCCNC1. The molecular formula is C11H15NO2. The van der Waals surface area contributed by atoms with Crippen LogP contribution < -0.4 is 5.32 Å². The molecule has 1 fully saturated rings. The van der Waals surface area contributed by atoms with E-state index in [9.17, 15) is 4.79 Å². The number of ketones is 1. The zero-order chi connectivity index (χ0) is 9.97. The predicted molar refractivity (Wildman–Crippen MR) is 53.4 cm³/mol. The number of hydrogen-bond donors (Lipinski definition) is 1. The Morgan fingerprint density at radius 1 is 1.57 bits per heavy atom. The first-order valence-electron chi connectivity index (χ1n) is 5.07. The van der Waals surface area contributed by atoms with Gasteiger partial charge >= 0.3 is 0 Å². The van der Waals surface area contributed by atoms with E-state index in [2.05, 4.69) is 5.32 Å². The molecule has 1 unspecified atom stereocenters. The van der Waals surface area contributed by atoms with Crippen molar-refractivity contribution in [3.05, 3.63) is 23.7 Å². The highest BCUT2D eigenvalue weighted by Crippen LogP contribution is 2.19. The first kappa shape index (κ1) is 9.46. The lowest BCUT2D eigenvalue weighted by molar-refractivity contribution is 0.0898. The number of rotatable bonds is 2. The van der Waals surface area contributed by atoms with Crippen LogP contribution in [0.15, 0.2) is 16.9 Å². The molecule has 1 aliphatic heterocycles. The average Bonchev–Trinajstić information content (AvgIpc) is 2.65. The average molecular weight is 193 g/mol. The van der Waals surface area contributed by atoms with E-state index in [4.69, 9.17) is 4.42 Å². The molecule has 0 aliphatic carbocycles. The second-order valence-electron chi connectivity index (χ2n) is 3.88. The van der Waals surface area contributed by atoms with Crippen LogP contribution in [0.4, 0.5) is 0 Å². The number of nitrogens with one attached hydrogen (secondary N) is 1. The summed E-state index contributed by atoms with van der Waals surface area (Å²) in [6, 6.07) is 0. The minimum Gasteiger partial charge on any atom is -0.472 e. The molecule has 14 heavy (non-hydrogen) atoms. The van der Waals surface area contributed by atoms with Crippen molar-refractivity contribution in [3.8, 4) is 0 Å². The topological polar surface area (TPSA) is 42.2 Å². The van der Waals surface area contributed by atoms with Gasteiger partial charge in [-0.3, -0.25) is 4.79 Å². The monoisotopic (exact) mass is 193 g/mol. The van der Waals surface area contributed by atoms with Crippen LogP contribution in [0.3, 0.4) is 0 Å². The summed E-state index contributed by atoms with van der Waals surface area (Å²) >= 11 is 0. The zero-order valence-corrected chi connectivity index (χ0v) is 8.38. The molecule has 1 atom stereocenters. The van der Waals surface area contributed by atoms with E-state index in [1.165, 1.54) is 0 Å². The summed E-state index contributed by atoms with van der Waals surface area (Å²) < 4.78 is 5.02. The molecule has 1 aromatic rings. The van der Waals surface area contributed by atoms with E-state index in [1.807, 2.05) is 6.92 Å². The molecule has 0 spiro atoms. The van der Waals surface area contributed by atoms with Crippen molar-refractivity contribution < 1.29 is 9.21 Å². The van der Waals surface area contributed by atoms with Gasteiger partial charge in [0.15, 0.2) is 5.78 Å². The number of carbonyl (C=O) groups is 1. The molecule has 3 nitrogen and oxygen atoms in total. The molecule has 3 heteroatoms. The third-order valence-corrected chi connectivity index (χ3v) is 2.79. The normalized spacial score (nSPS) is 22.2. The second-order valence-corrected chi connectivity index (χ2v) is 3.88.